The molecule has 0 radical (unpaired) electrons. The maximum Gasteiger partial charge on any atom is 0.338 e. The van der Waals surface area contributed by atoms with E-state index in [0.29, 0.717) is 11.3 Å². The van der Waals surface area contributed by atoms with Crippen molar-refractivity contribution in [2.75, 3.05) is 19.5 Å². The van der Waals surface area contributed by atoms with E-state index < -0.39 is 33.6 Å². The van der Waals surface area contributed by atoms with Gasteiger partial charge in [-0.05, 0) is 42.8 Å². The van der Waals surface area contributed by atoms with Crippen molar-refractivity contribution in [3.05, 3.63) is 70.4 Å². The molecule has 0 aromatic heterocycles. The van der Waals surface area contributed by atoms with Crippen molar-refractivity contribution in [1.29, 1.82) is 0 Å². The number of halogens is 1. The van der Waals surface area contributed by atoms with Gasteiger partial charge in [0, 0.05) is 10.7 Å². The van der Waals surface area contributed by atoms with Gasteiger partial charge in [-0.1, -0.05) is 29.8 Å². The van der Waals surface area contributed by atoms with Gasteiger partial charge in [0.15, 0.2) is 9.84 Å². The topological polar surface area (TPSA) is 111 Å². The smallest absolute Gasteiger partial charge is 0.338 e. The monoisotopic (exact) mass is 464 g/mol. The average Bonchev–Trinajstić information content (AvgIpc) is 2.73. The fraction of sp³-hybridized carbons (Fsp3) is 0.238. The molecular weight excluding hydrogens is 444 g/mol. The number of urea groups is 1. The number of sulfone groups is 1. The first-order valence-electron chi connectivity index (χ1n) is 9.35. The Labute approximate surface area is 185 Å². The van der Waals surface area contributed by atoms with Crippen LogP contribution < -0.4 is 15.4 Å². The molecule has 1 aliphatic heterocycles. The number of hydrogen-bond acceptors (Lipinski definition) is 6. The van der Waals surface area contributed by atoms with Gasteiger partial charge in [-0.2, -0.15) is 0 Å². The molecule has 1 unspecified atom stereocenters. The lowest BCUT2D eigenvalue weighted by Crippen LogP contribution is -2.47. The van der Waals surface area contributed by atoms with Crippen LogP contribution in [0, 0.1) is 0 Å². The lowest BCUT2D eigenvalue weighted by Gasteiger charge is -2.29. The van der Waals surface area contributed by atoms with Crippen molar-refractivity contribution in [1.82, 2.24) is 10.6 Å². The SMILES string of the molecule is CCOC(=O)C1=C(CS(=O)(=O)c2cccc(Cl)c2)NC(=O)NC1c1cccc(OC)c1. The highest BCUT2D eigenvalue weighted by Crippen LogP contribution is 2.31. The zero-order valence-corrected chi connectivity index (χ0v) is 18.4. The van der Waals surface area contributed by atoms with Crippen LogP contribution in [0.2, 0.25) is 5.02 Å². The molecule has 2 N–H and O–H groups in total. The van der Waals surface area contributed by atoms with Gasteiger partial charge in [0.1, 0.15) is 5.75 Å². The van der Waals surface area contributed by atoms with Crippen LogP contribution in [0.3, 0.4) is 0 Å². The number of ether oxygens (including phenoxy) is 2. The molecule has 164 valence electrons. The molecule has 1 atom stereocenters. The second kappa shape index (κ2) is 9.40. The molecule has 0 saturated heterocycles. The van der Waals surface area contributed by atoms with Crippen LogP contribution in [0.15, 0.2) is 64.7 Å². The second-order valence-electron chi connectivity index (χ2n) is 6.64. The van der Waals surface area contributed by atoms with Gasteiger partial charge in [-0.25, -0.2) is 18.0 Å². The first-order chi connectivity index (χ1) is 14.7. The first-order valence-corrected chi connectivity index (χ1v) is 11.4. The first kappa shape index (κ1) is 22.6. The Hall–Kier alpha value is -3.04. The summed E-state index contributed by atoms with van der Waals surface area (Å²) < 4.78 is 36.4. The zero-order valence-electron chi connectivity index (χ0n) is 16.8. The van der Waals surface area contributed by atoms with Crippen LogP contribution in [0.25, 0.3) is 0 Å². The van der Waals surface area contributed by atoms with E-state index in [2.05, 4.69) is 10.6 Å². The van der Waals surface area contributed by atoms with E-state index in [0.717, 1.165) is 0 Å². The summed E-state index contributed by atoms with van der Waals surface area (Å²) >= 11 is 5.93. The van der Waals surface area contributed by atoms with Crippen LogP contribution in [-0.4, -0.2) is 39.9 Å². The van der Waals surface area contributed by atoms with Gasteiger partial charge in [0.2, 0.25) is 0 Å². The molecule has 1 heterocycles. The summed E-state index contributed by atoms with van der Waals surface area (Å²) in [7, 11) is -2.43. The highest BCUT2D eigenvalue weighted by molar-refractivity contribution is 7.91. The number of hydrogen-bond donors (Lipinski definition) is 2. The number of carbonyl (C=O) groups is 2. The summed E-state index contributed by atoms with van der Waals surface area (Å²) in [4.78, 5) is 25.1. The third-order valence-electron chi connectivity index (χ3n) is 4.57. The number of carbonyl (C=O) groups excluding carboxylic acids is 2. The van der Waals surface area contributed by atoms with E-state index >= 15 is 0 Å². The van der Waals surface area contributed by atoms with Crippen molar-refractivity contribution in [2.45, 2.75) is 17.9 Å². The Morgan fingerprint density at radius 2 is 1.90 bits per heavy atom. The van der Waals surface area contributed by atoms with Crippen LogP contribution in [0.4, 0.5) is 4.79 Å². The van der Waals surface area contributed by atoms with Crippen LogP contribution in [0.5, 0.6) is 5.75 Å². The summed E-state index contributed by atoms with van der Waals surface area (Å²) in [6, 6.07) is 11.0. The van der Waals surface area contributed by atoms with Gasteiger partial charge in [-0.3, -0.25) is 0 Å². The Balaban J connectivity index is 2.11. The summed E-state index contributed by atoms with van der Waals surface area (Å²) in [5, 5.41) is 5.37. The number of methoxy groups -OCH3 is 1. The summed E-state index contributed by atoms with van der Waals surface area (Å²) in [6.45, 7) is 1.71. The number of amides is 2. The summed E-state index contributed by atoms with van der Waals surface area (Å²) in [5.41, 5.74) is 0.477. The lowest BCUT2D eigenvalue weighted by molar-refractivity contribution is -0.139. The summed E-state index contributed by atoms with van der Waals surface area (Å²) in [5.74, 6) is -0.837. The molecule has 0 saturated carbocycles. The van der Waals surface area contributed by atoms with Crippen molar-refractivity contribution in [2.24, 2.45) is 0 Å². The van der Waals surface area contributed by atoms with Gasteiger partial charge in [0.05, 0.1) is 36.0 Å². The molecule has 31 heavy (non-hydrogen) atoms. The molecule has 2 amide bonds. The molecule has 0 fully saturated rings. The minimum Gasteiger partial charge on any atom is -0.497 e. The normalized spacial score (nSPS) is 16.4. The lowest BCUT2D eigenvalue weighted by atomic mass is 9.95. The Morgan fingerprint density at radius 1 is 1.16 bits per heavy atom. The largest absolute Gasteiger partial charge is 0.497 e. The number of esters is 1. The Bertz CT molecular complexity index is 1150. The van der Waals surface area contributed by atoms with Gasteiger partial charge < -0.3 is 20.1 Å². The molecule has 2 aromatic rings. The molecule has 0 bridgehead atoms. The number of benzene rings is 2. The van der Waals surface area contributed by atoms with E-state index in [1.165, 1.54) is 25.3 Å². The Morgan fingerprint density at radius 3 is 2.58 bits per heavy atom. The fourth-order valence-electron chi connectivity index (χ4n) is 3.19. The molecule has 0 aliphatic carbocycles. The molecule has 3 rings (SSSR count). The minimum absolute atomic E-state index is 0.000283. The second-order valence-corrected chi connectivity index (χ2v) is 9.06. The van der Waals surface area contributed by atoms with Crippen molar-refractivity contribution in [3.8, 4) is 5.75 Å². The average molecular weight is 465 g/mol. The van der Waals surface area contributed by atoms with Crippen molar-refractivity contribution >= 4 is 33.4 Å². The van der Waals surface area contributed by atoms with Crippen molar-refractivity contribution in [3.63, 3.8) is 0 Å². The van der Waals surface area contributed by atoms with E-state index in [1.54, 1.807) is 37.3 Å². The van der Waals surface area contributed by atoms with Gasteiger partial charge in [-0.15, -0.1) is 0 Å². The summed E-state index contributed by atoms with van der Waals surface area (Å²) in [6.07, 6.45) is 0. The standard InChI is InChI=1S/C21H21ClN2O6S/c1-3-30-20(25)18-17(12-31(27,28)16-9-5-7-14(22)11-16)23-21(26)24-19(18)13-6-4-8-15(10-13)29-2/h4-11,19H,3,12H2,1-2H3,(H2,23,24,26). The van der Waals surface area contributed by atoms with E-state index in [1.807, 2.05) is 0 Å². The Kier molecular flexibility index (Phi) is 6.87. The van der Waals surface area contributed by atoms with E-state index in [4.69, 9.17) is 21.1 Å². The highest BCUT2D eigenvalue weighted by Gasteiger charge is 2.36. The van der Waals surface area contributed by atoms with Gasteiger partial charge in [0.25, 0.3) is 0 Å². The van der Waals surface area contributed by atoms with Gasteiger partial charge >= 0.3 is 12.0 Å². The molecule has 8 nitrogen and oxygen atoms in total. The molecular formula is C21H21ClN2O6S. The highest BCUT2D eigenvalue weighted by atomic mass is 35.5. The minimum atomic E-state index is -3.92. The molecule has 0 spiro atoms. The van der Waals surface area contributed by atoms with E-state index in [9.17, 15) is 18.0 Å². The molecule has 1 aliphatic rings. The van der Waals surface area contributed by atoms with Crippen molar-refractivity contribution < 1.29 is 27.5 Å². The third-order valence-corrected chi connectivity index (χ3v) is 6.44. The molecule has 2 aromatic carbocycles. The fourth-order valence-corrected chi connectivity index (χ4v) is 4.81. The van der Waals surface area contributed by atoms with Crippen LogP contribution >= 0.6 is 11.6 Å². The number of nitrogens with one attached hydrogen (secondary N) is 2. The number of rotatable bonds is 7. The molecule has 10 heteroatoms. The quantitative estimate of drug-likeness (QED) is 0.609. The zero-order chi connectivity index (χ0) is 22.6. The predicted octanol–water partition coefficient (Wildman–Crippen LogP) is 2.99. The van der Waals surface area contributed by atoms with Crippen LogP contribution in [0.1, 0.15) is 18.5 Å². The maximum absolute atomic E-state index is 13.0. The van der Waals surface area contributed by atoms with E-state index in [-0.39, 0.29) is 27.8 Å². The van der Waals surface area contributed by atoms with Crippen LogP contribution in [-0.2, 0) is 19.4 Å². The maximum atomic E-state index is 13.0. The third kappa shape index (κ3) is 5.18. The predicted molar refractivity (Wildman–Crippen MR) is 115 cm³/mol.